The van der Waals surface area contributed by atoms with E-state index < -0.39 is 16.2 Å². The van der Waals surface area contributed by atoms with Crippen molar-refractivity contribution in [1.82, 2.24) is 0 Å². The highest BCUT2D eigenvalue weighted by molar-refractivity contribution is 9.10. The molecule has 6 heteroatoms. The number of methoxy groups -OCH3 is 1. The number of aliphatic hydroxyl groups is 1. The number of ether oxygens (including phenoxy) is 2. The molecule has 1 saturated carbocycles. The summed E-state index contributed by atoms with van der Waals surface area (Å²) in [6.07, 6.45) is 15.3. The van der Waals surface area contributed by atoms with Crippen LogP contribution >= 0.6 is 15.9 Å². The molecule has 0 spiro atoms. The van der Waals surface area contributed by atoms with Gasteiger partial charge in [0.2, 0.25) is 10.3 Å². The number of unbranched alkanes of at least 4 members (excludes halogenated alkanes) is 4. The van der Waals surface area contributed by atoms with E-state index in [9.17, 15) is 14.7 Å². The van der Waals surface area contributed by atoms with E-state index in [2.05, 4.69) is 33.7 Å². The lowest BCUT2D eigenvalue weighted by Gasteiger charge is -2.23. The van der Waals surface area contributed by atoms with Crippen LogP contribution in [0.1, 0.15) is 58.3 Å². The van der Waals surface area contributed by atoms with E-state index in [1.807, 2.05) is 12.2 Å². The van der Waals surface area contributed by atoms with Gasteiger partial charge in [-0.15, -0.1) is 0 Å². The predicted molar refractivity (Wildman–Crippen MR) is 107 cm³/mol. The van der Waals surface area contributed by atoms with E-state index in [0.29, 0.717) is 31.3 Å². The number of alkyl halides is 1. The van der Waals surface area contributed by atoms with E-state index in [-0.39, 0.29) is 11.8 Å². The van der Waals surface area contributed by atoms with Gasteiger partial charge in [0.05, 0.1) is 7.11 Å². The zero-order valence-corrected chi connectivity index (χ0v) is 17.7. The third-order valence-corrected chi connectivity index (χ3v) is 5.94. The molecule has 3 unspecified atom stereocenters. The summed E-state index contributed by atoms with van der Waals surface area (Å²) in [4.78, 5) is 23.7. The van der Waals surface area contributed by atoms with Crippen LogP contribution in [0.2, 0.25) is 0 Å². The van der Waals surface area contributed by atoms with Gasteiger partial charge >= 0.3 is 5.97 Å². The minimum Gasteiger partial charge on any atom is -0.469 e. The summed E-state index contributed by atoms with van der Waals surface area (Å²) in [5.74, 6) is -0.445. The van der Waals surface area contributed by atoms with Gasteiger partial charge < -0.3 is 14.6 Å². The van der Waals surface area contributed by atoms with Crippen LogP contribution in [0.4, 0.5) is 0 Å². The highest BCUT2D eigenvalue weighted by Gasteiger charge is 2.77. The Bertz CT molecular complexity index is 638. The SMILES string of the molecule is CCCCCC=CCC1(O)C(=CC=CCCCC(=O)OC)C(=O)C2(Br)OC12. The van der Waals surface area contributed by atoms with Crippen molar-refractivity contribution in [3.8, 4) is 0 Å². The Morgan fingerprint density at radius 3 is 2.70 bits per heavy atom. The molecule has 1 heterocycles. The van der Waals surface area contributed by atoms with Gasteiger partial charge in [0.15, 0.2) is 0 Å². The maximum Gasteiger partial charge on any atom is 0.305 e. The number of epoxide rings is 1. The molecule has 0 amide bonds. The number of carbonyl (C=O) groups is 2. The molecule has 0 radical (unpaired) electrons. The number of esters is 1. The summed E-state index contributed by atoms with van der Waals surface area (Å²) in [5, 5.41) is 11.1. The molecule has 1 N–H and O–H groups in total. The molecule has 2 fully saturated rings. The van der Waals surface area contributed by atoms with E-state index in [1.165, 1.54) is 20.0 Å². The van der Waals surface area contributed by atoms with Crippen LogP contribution in [0.3, 0.4) is 0 Å². The fourth-order valence-corrected chi connectivity index (χ4v) is 4.07. The first-order chi connectivity index (χ1) is 12.9. The fourth-order valence-electron chi connectivity index (χ4n) is 3.29. The summed E-state index contributed by atoms with van der Waals surface area (Å²) in [5.41, 5.74) is -0.934. The molecular formula is C21H29BrO5. The van der Waals surface area contributed by atoms with Gasteiger partial charge in [-0.2, -0.15) is 0 Å². The zero-order chi connectivity index (χ0) is 19.9. The van der Waals surface area contributed by atoms with Crippen LogP contribution in [0.15, 0.2) is 36.0 Å². The summed E-state index contributed by atoms with van der Waals surface area (Å²) in [7, 11) is 1.37. The minimum atomic E-state index is -1.31. The summed E-state index contributed by atoms with van der Waals surface area (Å²) < 4.78 is 8.97. The van der Waals surface area contributed by atoms with Crippen LogP contribution in [0.5, 0.6) is 0 Å². The second-order valence-electron chi connectivity index (χ2n) is 7.04. The van der Waals surface area contributed by atoms with Gasteiger partial charge in [-0.3, -0.25) is 9.59 Å². The number of Topliss-reactive ketones (excluding diaryl/α,β-unsaturated/α-hetero) is 1. The first-order valence-corrected chi connectivity index (χ1v) is 10.4. The van der Waals surface area contributed by atoms with Gasteiger partial charge in [0.1, 0.15) is 11.7 Å². The van der Waals surface area contributed by atoms with Crippen LogP contribution in [0, 0.1) is 0 Å². The van der Waals surface area contributed by atoms with Crippen LogP contribution in [0.25, 0.3) is 0 Å². The van der Waals surface area contributed by atoms with E-state index >= 15 is 0 Å². The molecule has 0 bridgehead atoms. The lowest BCUT2D eigenvalue weighted by atomic mass is 9.90. The first kappa shape index (κ1) is 22.1. The first-order valence-electron chi connectivity index (χ1n) is 9.63. The van der Waals surface area contributed by atoms with Crippen molar-refractivity contribution in [2.24, 2.45) is 0 Å². The smallest absolute Gasteiger partial charge is 0.305 e. The Hall–Kier alpha value is -1.24. The van der Waals surface area contributed by atoms with Crippen molar-refractivity contribution < 1.29 is 24.2 Å². The Morgan fingerprint density at radius 2 is 2.00 bits per heavy atom. The second-order valence-corrected chi connectivity index (χ2v) is 8.22. The molecule has 2 rings (SSSR count). The summed E-state index contributed by atoms with van der Waals surface area (Å²) >= 11 is 3.33. The van der Waals surface area contributed by atoms with Crippen molar-refractivity contribution in [2.75, 3.05) is 7.11 Å². The number of fused-ring (bicyclic) bond motifs is 1. The highest BCUT2D eigenvalue weighted by Crippen LogP contribution is 2.60. The number of carbonyl (C=O) groups excluding carboxylic acids is 2. The van der Waals surface area contributed by atoms with Crippen molar-refractivity contribution in [1.29, 1.82) is 0 Å². The van der Waals surface area contributed by atoms with Gasteiger partial charge in [-0.05, 0) is 41.6 Å². The molecule has 1 aliphatic heterocycles. The molecule has 5 nitrogen and oxygen atoms in total. The predicted octanol–water partition coefficient (Wildman–Crippen LogP) is 4.14. The van der Waals surface area contributed by atoms with Gasteiger partial charge in [0.25, 0.3) is 0 Å². The normalized spacial score (nSPS) is 31.2. The fraction of sp³-hybridized carbons (Fsp3) is 0.619. The maximum atomic E-state index is 12.6. The molecule has 0 aromatic rings. The maximum absolute atomic E-state index is 12.6. The minimum absolute atomic E-state index is 0.214. The van der Waals surface area contributed by atoms with Gasteiger partial charge in [-0.1, -0.05) is 50.1 Å². The van der Waals surface area contributed by atoms with Crippen LogP contribution < -0.4 is 0 Å². The molecule has 1 aliphatic carbocycles. The van der Waals surface area contributed by atoms with Crippen LogP contribution in [-0.4, -0.2) is 40.2 Å². The number of hydrogen-bond donors (Lipinski definition) is 1. The van der Waals surface area contributed by atoms with E-state index in [1.54, 1.807) is 12.2 Å². The highest BCUT2D eigenvalue weighted by atomic mass is 79.9. The molecule has 3 atom stereocenters. The number of hydrogen-bond acceptors (Lipinski definition) is 5. The van der Waals surface area contributed by atoms with Gasteiger partial charge in [-0.25, -0.2) is 0 Å². The monoisotopic (exact) mass is 440 g/mol. The average molecular weight is 441 g/mol. The quantitative estimate of drug-likeness (QED) is 0.130. The topological polar surface area (TPSA) is 76.1 Å². The summed E-state index contributed by atoms with van der Waals surface area (Å²) in [6, 6.07) is 0. The Balaban J connectivity index is 1.95. The molecular weight excluding hydrogens is 412 g/mol. The number of rotatable bonds is 11. The Labute approximate surface area is 169 Å². The Kier molecular flexibility index (Phi) is 8.01. The largest absolute Gasteiger partial charge is 0.469 e. The van der Waals surface area contributed by atoms with Crippen molar-refractivity contribution in [3.63, 3.8) is 0 Å². The molecule has 1 saturated heterocycles. The number of halogens is 1. The zero-order valence-electron chi connectivity index (χ0n) is 16.1. The van der Waals surface area contributed by atoms with Crippen LogP contribution in [-0.2, 0) is 19.1 Å². The van der Waals surface area contributed by atoms with E-state index in [0.717, 1.165) is 12.8 Å². The molecule has 2 aliphatic rings. The van der Waals surface area contributed by atoms with Crippen molar-refractivity contribution in [3.05, 3.63) is 36.0 Å². The molecule has 27 heavy (non-hydrogen) atoms. The third kappa shape index (κ3) is 5.18. The Morgan fingerprint density at radius 1 is 1.26 bits per heavy atom. The van der Waals surface area contributed by atoms with E-state index in [4.69, 9.17) is 4.74 Å². The molecule has 0 aromatic heterocycles. The lowest BCUT2D eigenvalue weighted by Crippen LogP contribution is -2.35. The molecule has 0 aromatic carbocycles. The number of ketones is 1. The van der Waals surface area contributed by atoms with Crippen molar-refractivity contribution in [2.45, 2.75) is 74.5 Å². The standard InChI is InChI=1S/C21H29BrO5/c1-3-4-5-6-9-12-15-20(25)16(18(24)21(22)19(20)27-21)13-10-7-8-11-14-17(23)26-2/h7,9-10,12-13,19,25H,3-6,8,11,14-15H2,1-2H3. The number of allylic oxidation sites excluding steroid dienone is 4. The van der Waals surface area contributed by atoms with Crippen molar-refractivity contribution >= 4 is 27.7 Å². The van der Waals surface area contributed by atoms with Gasteiger partial charge in [0, 0.05) is 18.4 Å². The second kappa shape index (κ2) is 9.80. The lowest BCUT2D eigenvalue weighted by molar-refractivity contribution is -0.140. The third-order valence-electron chi connectivity index (χ3n) is 4.97. The summed E-state index contributed by atoms with van der Waals surface area (Å²) in [6.45, 7) is 2.16. The average Bonchev–Trinajstić information content (AvgIpc) is 3.33. The molecule has 150 valence electrons.